The quantitative estimate of drug-likeness (QED) is 0.579. The fraction of sp³-hybridized carbons (Fsp3) is 0.500. The Labute approximate surface area is 114 Å². The third-order valence-corrected chi connectivity index (χ3v) is 2.78. The van der Waals surface area contributed by atoms with Crippen LogP contribution >= 0.6 is 0 Å². The van der Waals surface area contributed by atoms with E-state index in [4.69, 9.17) is 15.2 Å². The second-order valence-electron chi connectivity index (χ2n) is 4.38. The molecule has 1 amide bonds. The zero-order chi connectivity index (χ0) is 14.3. The van der Waals surface area contributed by atoms with Crippen LogP contribution in [0.5, 0.6) is 5.75 Å². The molecule has 1 atom stereocenters. The minimum absolute atomic E-state index is 0.156. The van der Waals surface area contributed by atoms with Gasteiger partial charge in [0.1, 0.15) is 5.75 Å². The number of carbonyl (C=O) groups is 1. The number of aryl methyl sites for hydroxylation is 1. The molecule has 1 aromatic rings. The first-order valence-electron chi connectivity index (χ1n) is 6.34. The number of methoxy groups -OCH3 is 1. The van der Waals surface area contributed by atoms with Gasteiger partial charge in [-0.05, 0) is 31.9 Å². The molecule has 0 bridgehead atoms. The third-order valence-electron chi connectivity index (χ3n) is 2.78. The molecule has 0 aromatic heterocycles. The van der Waals surface area contributed by atoms with Crippen LogP contribution in [0.4, 0.5) is 5.69 Å². The van der Waals surface area contributed by atoms with Crippen molar-refractivity contribution in [1.82, 2.24) is 5.32 Å². The van der Waals surface area contributed by atoms with Gasteiger partial charge < -0.3 is 20.5 Å². The smallest absolute Gasteiger partial charge is 0.260 e. The second-order valence-corrected chi connectivity index (χ2v) is 4.38. The van der Waals surface area contributed by atoms with Crippen molar-refractivity contribution in [3.05, 3.63) is 23.8 Å². The van der Waals surface area contributed by atoms with Gasteiger partial charge in [-0.1, -0.05) is 12.1 Å². The molecule has 3 N–H and O–H groups in total. The molecule has 1 aromatic carbocycles. The van der Waals surface area contributed by atoms with Crippen LogP contribution < -0.4 is 15.8 Å². The normalized spacial score (nSPS) is 11.9. The number of hydrogen-bond donors (Lipinski definition) is 2. The van der Waals surface area contributed by atoms with Crippen molar-refractivity contribution in [2.24, 2.45) is 0 Å². The highest BCUT2D eigenvalue weighted by Crippen LogP contribution is 2.25. The number of nitrogens with two attached hydrogens (primary N) is 1. The van der Waals surface area contributed by atoms with Crippen LogP contribution in [0.1, 0.15) is 18.9 Å². The third kappa shape index (κ3) is 4.79. The summed E-state index contributed by atoms with van der Waals surface area (Å²) in [6, 6.07) is 5.51. The molecule has 0 aliphatic heterocycles. The molecule has 5 nitrogen and oxygen atoms in total. The van der Waals surface area contributed by atoms with Gasteiger partial charge in [0.05, 0.1) is 5.69 Å². The van der Waals surface area contributed by atoms with Gasteiger partial charge in [0.15, 0.2) is 6.10 Å². The molecular formula is C14H22N2O3. The molecule has 1 unspecified atom stereocenters. The Hall–Kier alpha value is -1.75. The number of benzene rings is 1. The van der Waals surface area contributed by atoms with E-state index in [1.54, 1.807) is 20.1 Å². The lowest BCUT2D eigenvalue weighted by molar-refractivity contribution is -0.127. The molecule has 1 rings (SSSR count). The largest absolute Gasteiger partial charge is 0.479 e. The van der Waals surface area contributed by atoms with E-state index in [1.807, 2.05) is 19.1 Å². The first-order valence-corrected chi connectivity index (χ1v) is 6.34. The van der Waals surface area contributed by atoms with Gasteiger partial charge in [-0.25, -0.2) is 0 Å². The van der Waals surface area contributed by atoms with Crippen LogP contribution in [-0.4, -0.2) is 32.3 Å². The molecule has 0 radical (unpaired) electrons. The topological polar surface area (TPSA) is 73.6 Å². The van der Waals surface area contributed by atoms with Gasteiger partial charge in [-0.2, -0.15) is 0 Å². The summed E-state index contributed by atoms with van der Waals surface area (Å²) in [6.45, 7) is 4.80. The SMILES string of the molecule is COCCCNC(=O)C(C)Oc1cccc(C)c1N. The average Bonchev–Trinajstić information content (AvgIpc) is 2.39. The van der Waals surface area contributed by atoms with Crippen LogP contribution in [0.25, 0.3) is 0 Å². The lowest BCUT2D eigenvalue weighted by Crippen LogP contribution is -2.37. The van der Waals surface area contributed by atoms with E-state index in [2.05, 4.69) is 5.32 Å². The summed E-state index contributed by atoms with van der Waals surface area (Å²) in [5.41, 5.74) is 7.40. The van der Waals surface area contributed by atoms with E-state index in [9.17, 15) is 4.79 Å². The molecule has 0 aliphatic carbocycles. The van der Waals surface area contributed by atoms with Gasteiger partial charge in [0.25, 0.3) is 5.91 Å². The van der Waals surface area contributed by atoms with Crippen LogP contribution in [0.15, 0.2) is 18.2 Å². The van der Waals surface area contributed by atoms with Gasteiger partial charge in [-0.3, -0.25) is 4.79 Å². The molecule has 106 valence electrons. The molecule has 0 heterocycles. The van der Waals surface area contributed by atoms with Gasteiger partial charge in [-0.15, -0.1) is 0 Å². The molecule has 0 aliphatic rings. The summed E-state index contributed by atoms with van der Waals surface area (Å²) < 4.78 is 10.5. The van der Waals surface area contributed by atoms with E-state index < -0.39 is 6.10 Å². The van der Waals surface area contributed by atoms with E-state index in [0.29, 0.717) is 24.6 Å². The van der Waals surface area contributed by atoms with Crippen molar-refractivity contribution in [3.8, 4) is 5.75 Å². The Bertz CT molecular complexity index is 421. The fourth-order valence-electron chi connectivity index (χ4n) is 1.57. The fourth-order valence-corrected chi connectivity index (χ4v) is 1.57. The summed E-state index contributed by atoms with van der Waals surface area (Å²) >= 11 is 0. The minimum atomic E-state index is -0.577. The predicted molar refractivity (Wildman–Crippen MR) is 75.2 cm³/mol. The minimum Gasteiger partial charge on any atom is -0.479 e. The average molecular weight is 266 g/mol. The summed E-state index contributed by atoms with van der Waals surface area (Å²) in [6.07, 6.45) is 0.202. The molecule has 0 saturated heterocycles. The maximum atomic E-state index is 11.8. The molecule has 0 saturated carbocycles. The number of nitrogens with one attached hydrogen (secondary N) is 1. The number of amides is 1. The monoisotopic (exact) mass is 266 g/mol. The number of hydrogen-bond acceptors (Lipinski definition) is 4. The summed E-state index contributed by atoms with van der Waals surface area (Å²) in [5, 5.41) is 2.79. The highest BCUT2D eigenvalue weighted by molar-refractivity contribution is 5.80. The standard InChI is InChI=1S/C14H22N2O3/c1-10-6-4-7-12(13(10)15)19-11(2)14(17)16-8-5-9-18-3/h4,6-7,11H,5,8-9,15H2,1-3H3,(H,16,17). The van der Waals surface area contributed by atoms with Crippen LogP contribution in [0.2, 0.25) is 0 Å². The van der Waals surface area contributed by atoms with Crippen molar-refractivity contribution < 1.29 is 14.3 Å². The van der Waals surface area contributed by atoms with E-state index >= 15 is 0 Å². The Morgan fingerprint density at radius 3 is 2.89 bits per heavy atom. The number of anilines is 1. The molecule has 19 heavy (non-hydrogen) atoms. The van der Waals surface area contributed by atoms with Gasteiger partial charge in [0.2, 0.25) is 0 Å². The van der Waals surface area contributed by atoms with Crippen LogP contribution in [-0.2, 0) is 9.53 Å². The number of carbonyl (C=O) groups excluding carboxylic acids is 1. The number of para-hydroxylation sites is 1. The van der Waals surface area contributed by atoms with Crippen molar-refractivity contribution >= 4 is 11.6 Å². The van der Waals surface area contributed by atoms with Crippen molar-refractivity contribution in [3.63, 3.8) is 0 Å². The second kappa shape index (κ2) is 7.63. The van der Waals surface area contributed by atoms with Crippen LogP contribution in [0.3, 0.4) is 0 Å². The van der Waals surface area contributed by atoms with E-state index in [1.165, 1.54) is 0 Å². The lowest BCUT2D eigenvalue weighted by Gasteiger charge is -2.16. The Morgan fingerprint density at radius 2 is 2.21 bits per heavy atom. The lowest BCUT2D eigenvalue weighted by atomic mass is 10.2. The van der Waals surface area contributed by atoms with Crippen molar-refractivity contribution in [1.29, 1.82) is 0 Å². The number of nitrogen functional groups attached to an aromatic ring is 1. The van der Waals surface area contributed by atoms with Crippen molar-refractivity contribution in [2.45, 2.75) is 26.4 Å². The maximum Gasteiger partial charge on any atom is 0.260 e. The maximum absolute atomic E-state index is 11.8. The highest BCUT2D eigenvalue weighted by atomic mass is 16.5. The van der Waals surface area contributed by atoms with Gasteiger partial charge in [0, 0.05) is 20.3 Å². The Kier molecular flexibility index (Phi) is 6.15. The summed E-state index contributed by atoms with van der Waals surface area (Å²) in [5.74, 6) is 0.386. The Balaban J connectivity index is 2.47. The first-order chi connectivity index (χ1) is 9.06. The number of rotatable bonds is 7. The van der Waals surface area contributed by atoms with E-state index in [-0.39, 0.29) is 5.91 Å². The highest BCUT2D eigenvalue weighted by Gasteiger charge is 2.15. The summed E-state index contributed by atoms with van der Waals surface area (Å²) in [7, 11) is 1.63. The molecule has 0 fully saturated rings. The molecular weight excluding hydrogens is 244 g/mol. The number of ether oxygens (including phenoxy) is 2. The first kappa shape index (κ1) is 15.3. The van der Waals surface area contributed by atoms with Gasteiger partial charge >= 0.3 is 0 Å². The predicted octanol–water partition coefficient (Wildman–Crippen LogP) is 1.50. The van der Waals surface area contributed by atoms with Crippen molar-refractivity contribution in [2.75, 3.05) is 26.0 Å². The zero-order valence-corrected chi connectivity index (χ0v) is 11.7. The van der Waals surface area contributed by atoms with E-state index in [0.717, 1.165) is 12.0 Å². The Morgan fingerprint density at radius 1 is 1.47 bits per heavy atom. The van der Waals surface area contributed by atoms with Crippen LogP contribution in [0, 0.1) is 6.92 Å². The summed E-state index contributed by atoms with van der Waals surface area (Å²) in [4.78, 5) is 11.8. The molecule has 5 heteroatoms. The molecule has 0 spiro atoms. The zero-order valence-electron chi connectivity index (χ0n) is 11.7.